The summed E-state index contributed by atoms with van der Waals surface area (Å²) in [4.78, 5) is 27.3. The molecule has 1 N–H and O–H groups in total. The minimum atomic E-state index is -0.219. The first-order valence-corrected chi connectivity index (χ1v) is 11.8. The van der Waals surface area contributed by atoms with Gasteiger partial charge in [0.2, 0.25) is 5.91 Å². The molecule has 33 heavy (non-hydrogen) atoms. The number of nitrogens with one attached hydrogen (secondary N) is 1. The lowest BCUT2D eigenvalue weighted by atomic mass is 9.97. The van der Waals surface area contributed by atoms with Gasteiger partial charge < -0.3 is 10.2 Å². The summed E-state index contributed by atoms with van der Waals surface area (Å²) < 4.78 is 1.37. The van der Waals surface area contributed by atoms with Crippen LogP contribution in [0, 0.1) is 12.8 Å². The molecule has 1 aliphatic heterocycles. The molecule has 0 aliphatic carbocycles. The van der Waals surface area contributed by atoms with E-state index in [2.05, 4.69) is 27.4 Å². The first kappa shape index (κ1) is 23.1. The first-order valence-electron chi connectivity index (χ1n) is 11.4. The number of carbonyl (C=O) groups is 1. The molecule has 2 aromatic carbocycles. The number of nitrogens with zero attached hydrogens (tertiary/aromatic N) is 3. The summed E-state index contributed by atoms with van der Waals surface area (Å²) in [5.41, 5.74) is 2.63. The van der Waals surface area contributed by atoms with Crippen LogP contribution in [0.5, 0.6) is 0 Å². The second kappa shape index (κ2) is 10.7. The SMILES string of the molecule is Cc1ccc(-n2nc(N3CCC[C@H](C(=O)NCCCc4ccccc4)C3)ccc2=O)cc1Cl. The number of rotatable bonds is 7. The van der Waals surface area contributed by atoms with Crippen molar-refractivity contribution in [3.63, 3.8) is 0 Å². The first-order chi connectivity index (χ1) is 16.0. The van der Waals surface area contributed by atoms with Crippen molar-refractivity contribution < 1.29 is 4.79 Å². The zero-order valence-corrected chi connectivity index (χ0v) is 19.6. The van der Waals surface area contributed by atoms with Crippen LogP contribution in [0.15, 0.2) is 65.5 Å². The van der Waals surface area contributed by atoms with E-state index in [0.29, 0.717) is 29.6 Å². The fourth-order valence-corrected chi connectivity index (χ4v) is 4.34. The van der Waals surface area contributed by atoms with E-state index in [1.807, 2.05) is 37.3 Å². The molecule has 1 amide bonds. The van der Waals surface area contributed by atoms with Crippen LogP contribution in [-0.4, -0.2) is 35.3 Å². The third kappa shape index (κ3) is 5.82. The Labute approximate surface area is 199 Å². The Bertz CT molecular complexity index is 1160. The van der Waals surface area contributed by atoms with Crippen LogP contribution in [0.4, 0.5) is 5.82 Å². The van der Waals surface area contributed by atoms with Crippen LogP contribution in [0.3, 0.4) is 0 Å². The molecule has 0 bridgehead atoms. The van der Waals surface area contributed by atoms with Crippen LogP contribution in [0.25, 0.3) is 5.69 Å². The maximum Gasteiger partial charge on any atom is 0.271 e. The van der Waals surface area contributed by atoms with Gasteiger partial charge in [-0.1, -0.05) is 48.0 Å². The van der Waals surface area contributed by atoms with Crippen molar-refractivity contribution >= 4 is 23.3 Å². The molecule has 0 saturated carbocycles. The molecule has 0 unspecified atom stereocenters. The highest BCUT2D eigenvalue weighted by Crippen LogP contribution is 2.23. The zero-order valence-electron chi connectivity index (χ0n) is 18.8. The van der Waals surface area contributed by atoms with Crippen LogP contribution in [0.1, 0.15) is 30.4 Å². The van der Waals surface area contributed by atoms with Crippen LogP contribution in [0.2, 0.25) is 5.02 Å². The Morgan fingerprint density at radius 3 is 2.76 bits per heavy atom. The van der Waals surface area contributed by atoms with Gasteiger partial charge in [-0.25, -0.2) is 0 Å². The Balaban J connectivity index is 1.38. The summed E-state index contributed by atoms with van der Waals surface area (Å²) in [7, 11) is 0. The van der Waals surface area contributed by atoms with E-state index in [1.165, 1.54) is 16.3 Å². The smallest absolute Gasteiger partial charge is 0.271 e. The maximum absolute atomic E-state index is 12.8. The summed E-state index contributed by atoms with van der Waals surface area (Å²) in [6, 6.07) is 19.0. The number of piperidine rings is 1. The molecule has 1 aromatic heterocycles. The van der Waals surface area contributed by atoms with E-state index in [9.17, 15) is 9.59 Å². The van der Waals surface area contributed by atoms with Crippen molar-refractivity contribution in [1.29, 1.82) is 0 Å². The third-order valence-corrected chi connectivity index (χ3v) is 6.49. The largest absolute Gasteiger partial charge is 0.356 e. The second-order valence-electron chi connectivity index (χ2n) is 8.54. The lowest BCUT2D eigenvalue weighted by Gasteiger charge is -2.33. The summed E-state index contributed by atoms with van der Waals surface area (Å²) in [6.07, 6.45) is 3.62. The fraction of sp³-hybridized carbons (Fsp3) is 0.346. The highest BCUT2D eigenvalue weighted by Gasteiger charge is 2.26. The third-order valence-electron chi connectivity index (χ3n) is 6.09. The molecular weight excluding hydrogens is 436 g/mol. The number of anilines is 1. The number of hydrogen-bond acceptors (Lipinski definition) is 4. The standard InChI is InChI=1S/C26H29ClN4O2/c1-19-11-12-22(17-23(19)27)31-25(32)14-13-24(29-31)30-16-6-10-21(18-30)26(33)28-15-5-9-20-7-3-2-4-8-20/h2-4,7-8,11-14,17,21H,5-6,9-10,15-16,18H2,1H3,(H,28,33)/t21-/m0/s1. The van der Waals surface area contributed by atoms with Crippen molar-refractivity contribution in [3.8, 4) is 5.69 Å². The Morgan fingerprint density at radius 1 is 1.15 bits per heavy atom. The van der Waals surface area contributed by atoms with Gasteiger partial charge in [0.05, 0.1) is 11.6 Å². The molecule has 6 nitrogen and oxygen atoms in total. The molecule has 1 fully saturated rings. The summed E-state index contributed by atoms with van der Waals surface area (Å²) in [5.74, 6) is 0.686. The van der Waals surface area contributed by atoms with Crippen molar-refractivity contribution in [1.82, 2.24) is 15.1 Å². The predicted octanol–water partition coefficient (Wildman–Crippen LogP) is 4.16. The van der Waals surface area contributed by atoms with Gasteiger partial charge in [-0.3, -0.25) is 9.59 Å². The van der Waals surface area contributed by atoms with Gasteiger partial charge in [-0.2, -0.15) is 4.68 Å². The Morgan fingerprint density at radius 2 is 1.97 bits per heavy atom. The lowest BCUT2D eigenvalue weighted by molar-refractivity contribution is -0.125. The van der Waals surface area contributed by atoms with Gasteiger partial charge in [-0.15, -0.1) is 5.10 Å². The van der Waals surface area contributed by atoms with E-state index in [1.54, 1.807) is 12.1 Å². The minimum absolute atomic E-state index is 0.0893. The average Bonchev–Trinajstić information content (AvgIpc) is 2.84. The van der Waals surface area contributed by atoms with Gasteiger partial charge >= 0.3 is 0 Å². The van der Waals surface area contributed by atoms with E-state index in [0.717, 1.165) is 37.8 Å². The van der Waals surface area contributed by atoms with Gasteiger partial charge in [0.25, 0.3) is 5.56 Å². The van der Waals surface area contributed by atoms with Crippen LogP contribution in [-0.2, 0) is 11.2 Å². The zero-order chi connectivity index (χ0) is 23.2. The number of amides is 1. The molecular formula is C26H29ClN4O2. The Hall–Kier alpha value is -3.12. The van der Waals surface area contributed by atoms with Crippen molar-refractivity contribution in [2.75, 3.05) is 24.5 Å². The predicted molar refractivity (Wildman–Crippen MR) is 132 cm³/mol. The van der Waals surface area contributed by atoms with Gasteiger partial charge in [0, 0.05) is 30.7 Å². The molecule has 7 heteroatoms. The van der Waals surface area contributed by atoms with E-state index >= 15 is 0 Å². The van der Waals surface area contributed by atoms with Crippen LogP contribution < -0.4 is 15.8 Å². The molecule has 0 radical (unpaired) electrons. The van der Waals surface area contributed by atoms with Crippen molar-refractivity contribution in [2.45, 2.75) is 32.6 Å². The number of hydrogen-bond donors (Lipinski definition) is 1. The quantitative estimate of drug-likeness (QED) is 0.533. The number of halogens is 1. The summed E-state index contributed by atoms with van der Waals surface area (Å²) >= 11 is 6.25. The average molecular weight is 465 g/mol. The van der Waals surface area contributed by atoms with Gasteiger partial charge in [0.15, 0.2) is 0 Å². The monoisotopic (exact) mass is 464 g/mol. The summed E-state index contributed by atoms with van der Waals surface area (Å²) in [5, 5.41) is 8.27. The van der Waals surface area contributed by atoms with Gasteiger partial charge in [-0.05, 0) is 61.9 Å². The molecule has 3 aromatic rings. The molecule has 0 spiro atoms. The minimum Gasteiger partial charge on any atom is -0.356 e. The molecule has 172 valence electrons. The number of carbonyl (C=O) groups excluding carboxylic acids is 1. The normalized spacial score (nSPS) is 15.9. The maximum atomic E-state index is 12.8. The fourth-order valence-electron chi connectivity index (χ4n) is 4.16. The highest BCUT2D eigenvalue weighted by atomic mass is 35.5. The summed E-state index contributed by atoms with van der Waals surface area (Å²) in [6.45, 7) is 3.98. The van der Waals surface area contributed by atoms with E-state index in [4.69, 9.17) is 11.6 Å². The second-order valence-corrected chi connectivity index (χ2v) is 8.95. The number of aromatic nitrogens is 2. The van der Waals surface area contributed by atoms with Crippen LogP contribution >= 0.6 is 11.6 Å². The molecule has 1 atom stereocenters. The van der Waals surface area contributed by atoms with E-state index < -0.39 is 0 Å². The Kier molecular flexibility index (Phi) is 7.45. The highest BCUT2D eigenvalue weighted by molar-refractivity contribution is 6.31. The molecule has 1 saturated heterocycles. The molecule has 2 heterocycles. The molecule has 4 rings (SSSR count). The number of benzene rings is 2. The van der Waals surface area contributed by atoms with Gasteiger partial charge in [0.1, 0.15) is 5.82 Å². The van der Waals surface area contributed by atoms with E-state index in [-0.39, 0.29) is 17.4 Å². The lowest BCUT2D eigenvalue weighted by Crippen LogP contribution is -2.44. The van der Waals surface area contributed by atoms with Crippen molar-refractivity contribution in [3.05, 3.63) is 87.2 Å². The number of aryl methyl sites for hydroxylation is 2. The molecule has 1 aliphatic rings. The topological polar surface area (TPSA) is 67.2 Å². The van der Waals surface area contributed by atoms with Crippen molar-refractivity contribution in [2.24, 2.45) is 5.92 Å².